The van der Waals surface area contributed by atoms with Crippen LogP contribution >= 0.6 is 0 Å². The van der Waals surface area contributed by atoms with Gasteiger partial charge in [-0.2, -0.15) is 0 Å². The molecule has 0 amide bonds. The zero-order chi connectivity index (χ0) is 13.1. The van der Waals surface area contributed by atoms with Gasteiger partial charge in [-0.05, 0) is 19.8 Å². The first-order valence-corrected chi connectivity index (χ1v) is 5.84. The molecule has 1 fully saturated rings. The van der Waals surface area contributed by atoms with Crippen LogP contribution in [0.3, 0.4) is 0 Å². The molecule has 1 aromatic heterocycles. The lowest BCUT2D eigenvalue weighted by Crippen LogP contribution is -2.28. The summed E-state index contributed by atoms with van der Waals surface area (Å²) < 4.78 is 4.65. The average Bonchev–Trinajstić information content (AvgIpc) is 3.21. The van der Waals surface area contributed by atoms with Crippen LogP contribution in [0.15, 0.2) is 6.07 Å². The Morgan fingerprint density at radius 3 is 2.72 bits per heavy atom. The zero-order valence-electron chi connectivity index (χ0n) is 10.4. The van der Waals surface area contributed by atoms with E-state index in [1.54, 1.807) is 13.0 Å². The molecular weight excluding hydrogens is 234 g/mol. The van der Waals surface area contributed by atoms with Crippen molar-refractivity contribution in [1.29, 1.82) is 0 Å². The quantitative estimate of drug-likeness (QED) is 0.400. The number of hydrazine groups is 1. The molecule has 0 aliphatic heterocycles. The smallest absolute Gasteiger partial charge is 0.328 e. The normalized spacial score (nSPS) is 15.9. The number of nitrogens with one attached hydrogen (secondary N) is 2. The highest BCUT2D eigenvalue weighted by atomic mass is 16.5. The van der Waals surface area contributed by atoms with E-state index in [2.05, 4.69) is 25.4 Å². The number of hydrogen-bond acceptors (Lipinski definition) is 7. The van der Waals surface area contributed by atoms with Crippen molar-refractivity contribution < 1.29 is 9.53 Å². The number of carbonyl (C=O) groups excluding carboxylic acids is 1. The van der Waals surface area contributed by atoms with Crippen LogP contribution in [0.1, 0.15) is 31.5 Å². The molecule has 0 bridgehead atoms. The maximum absolute atomic E-state index is 11.3. The summed E-state index contributed by atoms with van der Waals surface area (Å²) in [4.78, 5) is 20.0. The summed E-state index contributed by atoms with van der Waals surface area (Å²) >= 11 is 0. The largest absolute Gasteiger partial charge is 0.467 e. The lowest BCUT2D eigenvalue weighted by atomic mass is 10.3. The van der Waals surface area contributed by atoms with Crippen LogP contribution in [0.2, 0.25) is 0 Å². The van der Waals surface area contributed by atoms with Crippen LogP contribution in [0.5, 0.6) is 0 Å². The first-order chi connectivity index (χ1) is 8.63. The van der Waals surface area contributed by atoms with Crippen molar-refractivity contribution in [3.8, 4) is 0 Å². The third-order valence-electron chi connectivity index (χ3n) is 2.75. The van der Waals surface area contributed by atoms with Gasteiger partial charge in [0.1, 0.15) is 23.5 Å². The number of carbonyl (C=O) groups is 1. The van der Waals surface area contributed by atoms with E-state index in [0.717, 1.165) is 18.7 Å². The number of ether oxygens (including phenoxy) is 1. The van der Waals surface area contributed by atoms with Gasteiger partial charge >= 0.3 is 5.97 Å². The number of aromatic nitrogens is 2. The van der Waals surface area contributed by atoms with Crippen molar-refractivity contribution in [3.63, 3.8) is 0 Å². The molecule has 7 heteroatoms. The predicted molar refractivity (Wildman–Crippen MR) is 66.9 cm³/mol. The molecule has 0 radical (unpaired) electrons. The van der Waals surface area contributed by atoms with E-state index < -0.39 is 6.04 Å². The minimum atomic E-state index is -0.470. The number of rotatable bonds is 5. The molecule has 1 saturated carbocycles. The van der Waals surface area contributed by atoms with Crippen molar-refractivity contribution in [2.75, 3.05) is 17.9 Å². The molecule has 1 aliphatic carbocycles. The standard InChI is InChI=1S/C11H17N5O2/c1-6(11(17)18-2)13-8-5-9(16-12)15-10(14-8)7-3-4-7/h5-7H,3-4,12H2,1-2H3,(H2,13,14,15,16). The maximum Gasteiger partial charge on any atom is 0.328 e. The summed E-state index contributed by atoms with van der Waals surface area (Å²) in [7, 11) is 1.35. The third kappa shape index (κ3) is 2.86. The molecule has 98 valence electrons. The summed E-state index contributed by atoms with van der Waals surface area (Å²) in [6.07, 6.45) is 2.19. The van der Waals surface area contributed by atoms with E-state index in [9.17, 15) is 4.79 Å². The summed E-state index contributed by atoms with van der Waals surface area (Å²) in [5.74, 6) is 7.29. The predicted octanol–water partition coefficient (Wildman–Crippen LogP) is 0.613. The van der Waals surface area contributed by atoms with Gasteiger partial charge in [0, 0.05) is 12.0 Å². The summed E-state index contributed by atoms with van der Waals surface area (Å²) in [6.45, 7) is 1.71. The Balaban J connectivity index is 2.16. The van der Waals surface area contributed by atoms with Crippen LogP contribution in [0, 0.1) is 0 Å². The number of esters is 1. The van der Waals surface area contributed by atoms with Crippen molar-refractivity contribution in [3.05, 3.63) is 11.9 Å². The Hall–Kier alpha value is -1.89. The van der Waals surface area contributed by atoms with E-state index >= 15 is 0 Å². The molecule has 1 heterocycles. The monoisotopic (exact) mass is 251 g/mol. The maximum atomic E-state index is 11.3. The SMILES string of the molecule is COC(=O)C(C)Nc1cc(NN)nc(C2CC2)n1. The summed E-state index contributed by atoms with van der Waals surface area (Å²) in [5, 5.41) is 2.97. The first kappa shape index (κ1) is 12.6. The van der Waals surface area contributed by atoms with E-state index in [0.29, 0.717) is 17.6 Å². The minimum Gasteiger partial charge on any atom is -0.467 e. The van der Waals surface area contributed by atoms with Gasteiger partial charge in [0.25, 0.3) is 0 Å². The Labute approximate surface area is 105 Å². The second kappa shape index (κ2) is 5.18. The molecule has 1 aliphatic rings. The van der Waals surface area contributed by atoms with E-state index in [1.165, 1.54) is 7.11 Å². The van der Waals surface area contributed by atoms with Gasteiger partial charge in [-0.1, -0.05) is 0 Å². The zero-order valence-corrected chi connectivity index (χ0v) is 10.4. The molecular formula is C11H17N5O2. The Bertz CT molecular complexity index is 447. The second-order valence-corrected chi connectivity index (χ2v) is 4.30. The molecule has 0 aromatic carbocycles. The number of nitrogen functional groups attached to an aromatic ring is 1. The fraction of sp³-hybridized carbons (Fsp3) is 0.545. The molecule has 18 heavy (non-hydrogen) atoms. The lowest BCUT2D eigenvalue weighted by Gasteiger charge is -2.13. The fourth-order valence-corrected chi connectivity index (χ4v) is 1.60. The summed E-state index contributed by atoms with van der Waals surface area (Å²) in [6, 6.07) is 1.19. The van der Waals surface area contributed by atoms with Crippen LogP contribution < -0.4 is 16.6 Å². The summed E-state index contributed by atoms with van der Waals surface area (Å²) in [5.41, 5.74) is 2.50. The van der Waals surface area contributed by atoms with Crippen LogP contribution in [-0.2, 0) is 9.53 Å². The highest BCUT2D eigenvalue weighted by molar-refractivity contribution is 5.78. The average molecular weight is 251 g/mol. The molecule has 1 aromatic rings. The van der Waals surface area contributed by atoms with Crippen LogP contribution in [0.25, 0.3) is 0 Å². The number of anilines is 2. The van der Waals surface area contributed by atoms with Crippen molar-refractivity contribution in [1.82, 2.24) is 9.97 Å². The molecule has 0 saturated heterocycles. The van der Waals surface area contributed by atoms with Gasteiger partial charge in [0.05, 0.1) is 7.11 Å². The van der Waals surface area contributed by atoms with Gasteiger partial charge in [0.2, 0.25) is 0 Å². The molecule has 7 nitrogen and oxygen atoms in total. The highest BCUT2D eigenvalue weighted by Gasteiger charge is 2.27. The van der Waals surface area contributed by atoms with Gasteiger partial charge in [-0.25, -0.2) is 20.6 Å². The lowest BCUT2D eigenvalue weighted by molar-refractivity contribution is -0.141. The number of methoxy groups -OCH3 is 1. The third-order valence-corrected chi connectivity index (χ3v) is 2.75. The van der Waals surface area contributed by atoms with Gasteiger partial charge in [-0.3, -0.25) is 0 Å². The van der Waals surface area contributed by atoms with Crippen LogP contribution in [-0.4, -0.2) is 29.1 Å². The van der Waals surface area contributed by atoms with Crippen LogP contribution in [0.4, 0.5) is 11.6 Å². The van der Waals surface area contributed by atoms with E-state index in [1.807, 2.05) is 0 Å². The Morgan fingerprint density at radius 1 is 1.50 bits per heavy atom. The Morgan fingerprint density at radius 2 is 2.17 bits per heavy atom. The molecule has 0 spiro atoms. The Kier molecular flexibility index (Phi) is 3.61. The van der Waals surface area contributed by atoms with Gasteiger partial charge < -0.3 is 15.5 Å². The first-order valence-electron chi connectivity index (χ1n) is 5.84. The minimum absolute atomic E-state index is 0.344. The highest BCUT2D eigenvalue weighted by Crippen LogP contribution is 2.38. The molecule has 1 atom stereocenters. The van der Waals surface area contributed by atoms with Gasteiger partial charge in [0.15, 0.2) is 0 Å². The number of nitrogens with zero attached hydrogens (tertiary/aromatic N) is 2. The molecule has 4 N–H and O–H groups in total. The molecule has 2 rings (SSSR count). The number of hydrogen-bond donors (Lipinski definition) is 3. The van der Waals surface area contributed by atoms with Crippen molar-refractivity contribution in [2.45, 2.75) is 31.7 Å². The van der Waals surface area contributed by atoms with Crippen molar-refractivity contribution >= 4 is 17.6 Å². The van der Waals surface area contributed by atoms with Crippen molar-refractivity contribution in [2.24, 2.45) is 5.84 Å². The topological polar surface area (TPSA) is 102 Å². The van der Waals surface area contributed by atoms with E-state index in [-0.39, 0.29) is 5.97 Å². The number of nitrogens with two attached hydrogens (primary N) is 1. The fourth-order valence-electron chi connectivity index (χ4n) is 1.60. The van der Waals surface area contributed by atoms with E-state index in [4.69, 9.17) is 5.84 Å². The molecule has 1 unspecified atom stereocenters. The van der Waals surface area contributed by atoms with Gasteiger partial charge in [-0.15, -0.1) is 0 Å². The second-order valence-electron chi connectivity index (χ2n) is 4.30.